The van der Waals surface area contributed by atoms with E-state index in [2.05, 4.69) is 19.9 Å². The van der Waals surface area contributed by atoms with E-state index >= 15 is 0 Å². The van der Waals surface area contributed by atoms with E-state index in [0.717, 1.165) is 49.6 Å². The van der Waals surface area contributed by atoms with Gasteiger partial charge >= 0.3 is 0 Å². The van der Waals surface area contributed by atoms with E-state index in [4.69, 9.17) is 9.47 Å². The summed E-state index contributed by atoms with van der Waals surface area (Å²) >= 11 is 0. The summed E-state index contributed by atoms with van der Waals surface area (Å²) in [6, 6.07) is 7.15. The van der Waals surface area contributed by atoms with Crippen LogP contribution in [-0.2, 0) is 29.2 Å². The third-order valence-corrected chi connectivity index (χ3v) is 6.83. The molecular formula is C22H28N4O4S. The van der Waals surface area contributed by atoms with E-state index in [9.17, 15) is 8.42 Å². The number of sulfone groups is 1. The SMILES string of the molecule is COc1cc(OC)nc(NCCCn2c3c(c4cc(S(C)(=O)=O)ccc42)CCCC3)n1. The van der Waals surface area contributed by atoms with E-state index in [1.165, 1.54) is 17.5 Å². The number of nitrogens with one attached hydrogen (secondary N) is 1. The third kappa shape index (κ3) is 4.46. The van der Waals surface area contributed by atoms with Gasteiger partial charge in [-0.2, -0.15) is 9.97 Å². The van der Waals surface area contributed by atoms with Gasteiger partial charge < -0.3 is 19.4 Å². The number of ether oxygens (including phenoxy) is 2. The monoisotopic (exact) mass is 444 g/mol. The molecule has 4 rings (SSSR count). The van der Waals surface area contributed by atoms with E-state index in [-0.39, 0.29) is 0 Å². The third-order valence-electron chi connectivity index (χ3n) is 5.72. The molecular weight excluding hydrogens is 416 g/mol. The Morgan fingerprint density at radius 1 is 1.06 bits per heavy atom. The summed E-state index contributed by atoms with van der Waals surface area (Å²) in [5.41, 5.74) is 3.75. The standard InChI is InChI=1S/C22H28N4O4S/c1-29-20-14-21(30-2)25-22(24-20)23-11-6-12-26-18-8-5-4-7-16(18)17-13-15(31(3,27)28)9-10-19(17)26/h9-10,13-14H,4-8,11-12H2,1-3H3,(H,23,24,25). The molecule has 31 heavy (non-hydrogen) atoms. The normalized spacial score (nSPS) is 13.8. The van der Waals surface area contributed by atoms with Crippen molar-refractivity contribution in [1.29, 1.82) is 0 Å². The molecule has 0 fully saturated rings. The lowest BCUT2D eigenvalue weighted by atomic mass is 9.95. The van der Waals surface area contributed by atoms with Crippen LogP contribution in [0.5, 0.6) is 11.8 Å². The van der Waals surface area contributed by atoms with Gasteiger partial charge in [0.2, 0.25) is 17.7 Å². The zero-order chi connectivity index (χ0) is 22.0. The van der Waals surface area contributed by atoms with Crippen LogP contribution < -0.4 is 14.8 Å². The van der Waals surface area contributed by atoms with E-state index in [1.54, 1.807) is 26.4 Å². The number of aromatic nitrogens is 3. The Morgan fingerprint density at radius 3 is 2.45 bits per heavy atom. The highest BCUT2D eigenvalue weighted by Crippen LogP contribution is 2.33. The lowest BCUT2D eigenvalue weighted by molar-refractivity contribution is 0.373. The lowest BCUT2D eigenvalue weighted by Gasteiger charge is -2.16. The fraction of sp³-hybridized carbons (Fsp3) is 0.455. The van der Waals surface area contributed by atoms with Gasteiger partial charge in [0.1, 0.15) is 0 Å². The van der Waals surface area contributed by atoms with Crippen molar-refractivity contribution in [1.82, 2.24) is 14.5 Å². The van der Waals surface area contributed by atoms with Gasteiger partial charge in [-0.3, -0.25) is 0 Å². The Morgan fingerprint density at radius 2 is 1.77 bits per heavy atom. The topological polar surface area (TPSA) is 95.3 Å². The molecule has 2 aromatic heterocycles. The molecule has 8 nitrogen and oxygen atoms in total. The molecule has 0 saturated carbocycles. The molecule has 0 spiro atoms. The van der Waals surface area contributed by atoms with Crippen molar-refractivity contribution >= 4 is 26.7 Å². The molecule has 0 radical (unpaired) electrons. The number of rotatable bonds is 8. The zero-order valence-corrected chi connectivity index (χ0v) is 19.0. The zero-order valence-electron chi connectivity index (χ0n) is 18.1. The quantitative estimate of drug-likeness (QED) is 0.533. The number of aryl methyl sites for hydroxylation is 2. The summed E-state index contributed by atoms with van der Waals surface area (Å²) in [5, 5.41) is 4.31. The average molecular weight is 445 g/mol. The van der Waals surface area contributed by atoms with Gasteiger partial charge in [0.15, 0.2) is 9.84 Å². The predicted molar refractivity (Wildman–Crippen MR) is 120 cm³/mol. The summed E-state index contributed by atoms with van der Waals surface area (Å²) in [4.78, 5) is 8.98. The average Bonchev–Trinajstić information content (AvgIpc) is 3.09. The molecule has 0 saturated heterocycles. The second-order valence-corrected chi connectivity index (χ2v) is 9.81. The Hall–Kier alpha value is -2.81. The highest BCUT2D eigenvalue weighted by Gasteiger charge is 2.21. The Labute approximate surface area is 182 Å². The van der Waals surface area contributed by atoms with Crippen molar-refractivity contribution in [3.63, 3.8) is 0 Å². The molecule has 0 atom stereocenters. The van der Waals surface area contributed by atoms with Crippen LogP contribution in [-0.4, -0.2) is 50.0 Å². The highest BCUT2D eigenvalue weighted by atomic mass is 32.2. The summed E-state index contributed by atoms with van der Waals surface area (Å²) in [6.45, 7) is 1.52. The minimum atomic E-state index is -3.23. The van der Waals surface area contributed by atoms with Gasteiger partial charge in [0.05, 0.1) is 25.2 Å². The van der Waals surface area contributed by atoms with Gasteiger partial charge in [0, 0.05) is 35.9 Å². The second-order valence-electron chi connectivity index (χ2n) is 7.79. The van der Waals surface area contributed by atoms with E-state index in [1.807, 2.05) is 12.1 Å². The number of benzene rings is 1. The van der Waals surface area contributed by atoms with E-state index < -0.39 is 9.84 Å². The molecule has 0 aliphatic heterocycles. The lowest BCUT2D eigenvalue weighted by Crippen LogP contribution is -2.12. The van der Waals surface area contributed by atoms with Crippen LogP contribution in [0.4, 0.5) is 5.95 Å². The predicted octanol–water partition coefficient (Wildman–Crippen LogP) is 3.23. The minimum absolute atomic E-state index is 0.385. The number of anilines is 1. The maximum absolute atomic E-state index is 12.0. The number of nitrogens with zero attached hydrogens (tertiary/aromatic N) is 3. The van der Waals surface area contributed by atoms with Gasteiger partial charge in [-0.25, -0.2) is 8.42 Å². The first-order valence-corrected chi connectivity index (χ1v) is 12.3. The molecule has 9 heteroatoms. The smallest absolute Gasteiger partial charge is 0.229 e. The number of fused-ring (bicyclic) bond motifs is 3. The first-order valence-electron chi connectivity index (χ1n) is 10.5. The second kappa shape index (κ2) is 8.74. The Bertz CT molecular complexity index is 1180. The molecule has 0 bridgehead atoms. The summed E-state index contributed by atoms with van der Waals surface area (Å²) in [5.74, 6) is 1.36. The maximum atomic E-state index is 12.0. The summed E-state index contributed by atoms with van der Waals surface area (Å²) in [7, 11) is -0.115. The first kappa shape index (κ1) is 21.4. The maximum Gasteiger partial charge on any atom is 0.229 e. The fourth-order valence-corrected chi connectivity index (χ4v) is 4.88. The van der Waals surface area contributed by atoms with Crippen LogP contribution in [0.2, 0.25) is 0 Å². The largest absolute Gasteiger partial charge is 0.481 e. The van der Waals surface area contributed by atoms with Crippen molar-refractivity contribution in [2.75, 3.05) is 32.3 Å². The van der Waals surface area contributed by atoms with Crippen LogP contribution in [0.25, 0.3) is 10.9 Å². The molecule has 2 heterocycles. The van der Waals surface area contributed by atoms with Crippen molar-refractivity contribution < 1.29 is 17.9 Å². The number of methoxy groups -OCH3 is 2. The van der Waals surface area contributed by atoms with E-state index in [0.29, 0.717) is 29.1 Å². The van der Waals surface area contributed by atoms with Crippen LogP contribution in [0, 0.1) is 0 Å². The van der Waals surface area contributed by atoms with Gasteiger partial charge in [0.25, 0.3) is 0 Å². The van der Waals surface area contributed by atoms with Gasteiger partial charge in [-0.1, -0.05) is 0 Å². The van der Waals surface area contributed by atoms with Crippen LogP contribution in [0.15, 0.2) is 29.2 Å². The molecule has 1 aliphatic rings. The van der Waals surface area contributed by atoms with Crippen LogP contribution in [0.1, 0.15) is 30.5 Å². The molecule has 0 unspecified atom stereocenters. The molecule has 0 amide bonds. The van der Waals surface area contributed by atoms with Gasteiger partial charge in [-0.15, -0.1) is 0 Å². The number of hydrogen-bond acceptors (Lipinski definition) is 7. The molecule has 1 aliphatic carbocycles. The highest BCUT2D eigenvalue weighted by molar-refractivity contribution is 7.90. The summed E-state index contributed by atoms with van der Waals surface area (Å²) < 4.78 is 36.8. The summed E-state index contributed by atoms with van der Waals surface area (Å²) in [6.07, 6.45) is 6.47. The Balaban J connectivity index is 1.54. The molecule has 166 valence electrons. The Kier molecular flexibility index (Phi) is 6.04. The van der Waals surface area contributed by atoms with Crippen molar-refractivity contribution in [3.05, 3.63) is 35.5 Å². The molecule has 3 aromatic rings. The molecule has 1 aromatic carbocycles. The number of hydrogen-bond donors (Lipinski definition) is 1. The minimum Gasteiger partial charge on any atom is -0.481 e. The molecule has 1 N–H and O–H groups in total. The van der Waals surface area contributed by atoms with Crippen molar-refractivity contribution in [2.24, 2.45) is 0 Å². The fourth-order valence-electron chi connectivity index (χ4n) is 4.23. The van der Waals surface area contributed by atoms with Crippen LogP contribution >= 0.6 is 0 Å². The van der Waals surface area contributed by atoms with Crippen molar-refractivity contribution in [3.8, 4) is 11.8 Å². The van der Waals surface area contributed by atoms with Crippen molar-refractivity contribution in [2.45, 2.75) is 43.5 Å². The van der Waals surface area contributed by atoms with Crippen LogP contribution in [0.3, 0.4) is 0 Å². The first-order chi connectivity index (χ1) is 14.9. The van der Waals surface area contributed by atoms with Gasteiger partial charge in [-0.05, 0) is 55.9 Å².